The van der Waals surface area contributed by atoms with Crippen LogP contribution in [-0.4, -0.2) is 16.3 Å². The number of halogens is 1. The first-order valence-corrected chi connectivity index (χ1v) is 3.90. The molecule has 0 bridgehead atoms. The molecule has 1 rings (SSSR count). The molecule has 0 aliphatic rings. The van der Waals surface area contributed by atoms with Crippen molar-refractivity contribution in [2.75, 3.05) is 5.32 Å². The number of carboxylic acid groups (broad SMARTS) is 1. The molecule has 0 spiro atoms. The van der Waals surface area contributed by atoms with Crippen LogP contribution in [0.15, 0.2) is 18.2 Å². The quantitative estimate of drug-likeness (QED) is 0.685. The van der Waals surface area contributed by atoms with Crippen LogP contribution < -0.4 is 5.32 Å². The van der Waals surface area contributed by atoms with Gasteiger partial charge in [0.15, 0.2) is 0 Å². The highest BCUT2D eigenvalue weighted by molar-refractivity contribution is 6.31. The summed E-state index contributed by atoms with van der Waals surface area (Å²) < 4.78 is 0. The molecule has 0 saturated heterocycles. The highest BCUT2D eigenvalue weighted by atomic mass is 35.5. The Morgan fingerprint density at radius 2 is 2.23 bits per heavy atom. The van der Waals surface area contributed by atoms with Crippen molar-refractivity contribution in [3.05, 3.63) is 28.8 Å². The van der Waals surface area contributed by atoms with E-state index in [0.717, 1.165) is 0 Å². The van der Waals surface area contributed by atoms with E-state index in [1.54, 1.807) is 0 Å². The van der Waals surface area contributed by atoms with E-state index in [1.807, 2.05) is 0 Å². The first kappa shape index (κ1) is 9.83. The molecule has 0 radical (unpaired) electrons. The van der Waals surface area contributed by atoms with E-state index in [9.17, 15) is 4.79 Å². The van der Waals surface area contributed by atoms with Crippen LogP contribution in [0.2, 0.25) is 5.02 Å². The molecule has 5 heteroatoms. The topological polar surface area (TPSA) is 69.6 Å². The first-order chi connectivity index (χ1) is 6.13. The number of amides is 1. The molecule has 0 aliphatic heterocycles. The highest BCUT2D eigenvalue weighted by Crippen LogP contribution is 2.20. The molecule has 13 heavy (non-hydrogen) atoms. The summed E-state index contributed by atoms with van der Waals surface area (Å²) in [6.45, 7) is -0.214. The lowest BCUT2D eigenvalue weighted by atomic mass is 10.2. The summed E-state index contributed by atoms with van der Waals surface area (Å²) in [5.41, 5.74) is 0.883. The number of hydrogen-bond donors (Lipinski definition) is 3. The van der Waals surface area contributed by atoms with E-state index in [0.29, 0.717) is 16.3 Å². The summed E-state index contributed by atoms with van der Waals surface area (Å²) in [6.07, 6.45) is -1.15. The Labute approximate surface area is 79.8 Å². The van der Waals surface area contributed by atoms with Crippen molar-refractivity contribution in [3.8, 4) is 0 Å². The second-order valence-corrected chi connectivity index (χ2v) is 2.80. The number of carbonyl (C=O) groups is 1. The fourth-order valence-corrected chi connectivity index (χ4v) is 1.07. The zero-order valence-corrected chi connectivity index (χ0v) is 7.38. The third kappa shape index (κ3) is 2.61. The molecule has 70 valence electrons. The molecule has 0 fully saturated rings. The summed E-state index contributed by atoms with van der Waals surface area (Å²) in [6, 6.07) is 4.53. The average molecular weight is 202 g/mol. The molecule has 0 aliphatic carbocycles. The van der Waals surface area contributed by atoms with E-state index < -0.39 is 6.09 Å². The van der Waals surface area contributed by atoms with Crippen LogP contribution >= 0.6 is 11.6 Å². The number of benzene rings is 1. The Bertz CT molecular complexity index is 327. The van der Waals surface area contributed by atoms with Gasteiger partial charge in [-0.15, -0.1) is 0 Å². The van der Waals surface area contributed by atoms with Gasteiger partial charge in [0, 0.05) is 10.7 Å². The lowest BCUT2D eigenvalue weighted by Crippen LogP contribution is -2.07. The molecule has 4 nitrogen and oxygen atoms in total. The lowest BCUT2D eigenvalue weighted by Gasteiger charge is -2.04. The van der Waals surface area contributed by atoms with Crippen molar-refractivity contribution in [1.29, 1.82) is 0 Å². The van der Waals surface area contributed by atoms with Crippen molar-refractivity contribution in [2.45, 2.75) is 6.61 Å². The Hall–Kier alpha value is -1.26. The van der Waals surface area contributed by atoms with E-state index in [-0.39, 0.29) is 6.61 Å². The second-order valence-electron chi connectivity index (χ2n) is 2.39. The van der Waals surface area contributed by atoms with Gasteiger partial charge in [0.25, 0.3) is 0 Å². The van der Waals surface area contributed by atoms with Crippen LogP contribution in [0.1, 0.15) is 5.56 Å². The number of hydrogen-bond acceptors (Lipinski definition) is 2. The van der Waals surface area contributed by atoms with Gasteiger partial charge in [0.1, 0.15) is 0 Å². The largest absolute Gasteiger partial charge is 0.465 e. The van der Waals surface area contributed by atoms with Crippen molar-refractivity contribution in [1.82, 2.24) is 0 Å². The average Bonchev–Trinajstić information content (AvgIpc) is 2.07. The van der Waals surface area contributed by atoms with Gasteiger partial charge in [-0.25, -0.2) is 4.79 Å². The van der Waals surface area contributed by atoms with Gasteiger partial charge in [-0.3, -0.25) is 5.32 Å². The molecule has 0 unspecified atom stereocenters. The number of anilines is 1. The fourth-order valence-electron chi connectivity index (χ4n) is 0.897. The van der Waals surface area contributed by atoms with E-state index in [4.69, 9.17) is 21.8 Å². The van der Waals surface area contributed by atoms with Gasteiger partial charge >= 0.3 is 6.09 Å². The molecule has 1 amide bonds. The SMILES string of the molecule is O=C(O)Nc1ccc(Cl)c(CO)c1. The van der Waals surface area contributed by atoms with E-state index >= 15 is 0 Å². The Kier molecular flexibility index (Phi) is 3.11. The summed E-state index contributed by atoms with van der Waals surface area (Å²) in [5.74, 6) is 0. The molecule has 0 atom stereocenters. The Balaban J connectivity index is 2.92. The van der Waals surface area contributed by atoms with Crippen molar-refractivity contribution >= 4 is 23.4 Å². The third-order valence-corrected chi connectivity index (χ3v) is 1.84. The zero-order chi connectivity index (χ0) is 9.84. The Morgan fingerprint density at radius 3 is 2.77 bits per heavy atom. The molecular formula is C8H8ClNO3. The van der Waals surface area contributed by atoms with Gasteiger partial charge in [0.2, 0.25) is 0 Å². The van der Waals surface area contributed by atoms with Crippen LogP contribution in [0.5, 0.6) is 0 Å². The molecule has 0 saturated carbocycles. The molecule has 0 aromatic heterocycles. The van der Waals surface area contributed by atoms with Crippen molar-refractivity contribution in [3.63, 3.8) is 0 Å². The van der Waals surface area contributed by atoms with E-state index in [1.165, 1.54) is 18.2 Å². The number of aliphatic hydroxyl groups excluding tert-OH is 1. The smallest absolute Gasteiger partial charge is 0.409 e. The summed E-state index contributed by atoms with van der Waals surface area (Å²) >= 11 is 5.70. The predicted octanol–water partition coefficient (Wildman–Crippen LogP) is 1.92. The lowest BCUT2D eigenvalue weighted by molar-refractivity contribution is 0.209. The second kappa shape index (κ2) is 4.11. The number of nitrogens with one attached hydrogen (secondary N) is 1. The van der Waals surface area contributed by atoms with Gasteiger partial charge < -0.3 is 10.2 Å². The predicted molar refractivity (Wildman–Crippen MR) is 49.0 cm³/mol. The molecule has 1 aromatic carbocycles. The zero-order valence-electron chi connectivity index (χ0n) is 6.62. The minimum atomic E-state index is -1.15. The first-order valence-electron chi connectivity index (χ1n) is 3.52. The maximum atomic E-state index is 10.2. The minimum Gasteiger partial charge on any atom is -0.465 e. The van der Waals surface area contributed by atoms with Crippen LogP contribution in [-0.2, 0) is 6.61 Å². The molecule has 3 N–H and O–H groups in total. The normalized spacial score (nSPS) is 9.69. The number of aliphatic hydroxyl groups is 1. The summed E-state index contributed by atoms with van der Waals surface area (Å²) in [5, 5.41) is 19.8. The van der Waals surface area contributed by atoms with Crippen LogP contribution in [0.3, 0.4) is 0 Å². The van der Waals surface area contributed by atoms with Crippen LogP contribution in [0.25, 0.3) is 0 Å². The standard InChI is InChI=1S/C8H8ClNO3/c9-7-2-1-6(10-8(12)13)3-5(7)4-11/h1-3,10-11H,4H2,(H,12,13). The van der Waals surface area contributed by atoms with Crippen LogP contribution in [0.4, 0.5) is 10.5 Å². The maximum absolute atomic E-state index is 10.2. The van der Waals surface area contributed by atoms with Gasteiger partial charge in [-0.2, -0.15) is 0 Å². The molecular weight excluding hydrogens is 194 g/mol. The molecule has 1 aromatic rings. The minimum absolute atomic E-state index is 0.214. The van der Waals surface area contributed by atoms with Gasteiger partial charge in [-0.05, 0) is 23.8 Å². The maximum Gasteiger partial charge on any atom is 0.409 e. The van der Waals surface area contributed by atoms with Gasteiger partial charge in [0.05, 0.1) is 6.61 Å². The van der Waals surface area contributed by atoms with Crippen LogP contribution in [0, 0.1) is 0 Å². The third-order valence-electron chi connectivity index (χ3n) is 1.47. The monoisotopic (exact) mass is 201 g/mol. The highest BCUT2D eigenvalue weighted by Gasteiger charge is 2.02. The summed E-state index contributed by atoms with van der Waals surface area (Å²) in [4.78, 5) is 10.2. The summed E-state index contributed by atoms with van der Waals surface area (Å²) in [7, 11) is 0. The van der Waals surface area contributed by atoms with Crippen molar-refractivity contribution in [2.24, 2.45) is 0 Å². The van der Waals surface area contributed by atoms with Gasteiger partial charge in [-0.1, -0.05) is 11.6 Å². The number of rotatable bonds is 2. The fraction of sp³-hybridized carbons (Fsp3) is 0.125. The Morgan fingerprint density at radius 1 is 1.54 bits per heavy atom. The van der Waals surface area contributed by atoms with E-state index in [2.05, 4.69) is 5.32 Å². The molecule has 0 heterocycles. The van der Waals surface area contributed by atoms with Crippen molar-refractivity contribution < 1.29 is 15.0 Å².